The number of nitrogens with two attached hydrogens (primary N) is 1. The number of aryl methyl sites for hydroxylation is 1. The normalized spacial score (nSPS) is 10.8. The highest BCUT2D eigenvalue weighted by atomic mass is 15.0. The Kier molecular flexibility index (Phi) is 1.59. The first-order valence-electron chi connectivity index (χ1n) is 3.94. The summed E-state index contributed by atoms with van der Waals surface area (Å²) in [6.45, 7) is 2.56. The van der Waals surface area contributed by atoms with E-state index in [1.807, 2.05) is 36.0 Å². The minimum Gasteiger partial charge on any atom is -0.326 e. The molecule has 0 atom stereocenters. The fraction of sp³-hybridized carbons (Fsp3) is 0.222. The lowest BCUT2D eigenvalue weighted by Gasteiger charge is -2.00. The van der Waals surface area contributed by atoms with Gasteiger partial charge in [-0.25, -0.2) is 4.98 Å². The highest BCUT2D eigenvalue weighted by Crippen LogP contribution is 2.13. The van der Waals surface area contributed by atoms with E-state index in [2.05, 4.69) is 4.98 Å². The molecule has 0 bridgehead atoms. The Morgan fingerprint density at radius 2 is 2.42 bits per heavy atom. The second-order valence-corrected chi connectivity index (χ2v) is 2.82. The first-order valence-corrected chi connectivity index (χ1v) is 3.94. The molecular formula is C9H11N3. The molecule has 0 spiro atoms. The molecule has 3 nitrogen and oxygen atoms in total. The van der Waals surface area contributed by atoms with Gasteiger partial charge in [0.25, 0.3) is 0 Å². The van der Waals surface area contributed by atoms with Crippen LogP contribution in [0.25, 0.3) is 5.52 Å². The Morgan fingerprint density at radius 3 is 3.17 bits per heavy atom. The number of fused-ring (bicyclic) bond motifs is 1. The van der Waals surface area contributed by atoms with Crippen molar-refractivity contribution in [3.05, 3.63) is 35.9 Å². The van der Waals surface area contributed by atoms with Crippen LogP contribution in [0.1, 0.15) is 11.3 Å². The van der Waals surface area contributed by atoms with Crippen molar-refractivity contribution < 1.29 is 0 Å². The predicted molar refractivity (Wildman–Crippen MR) is 47.8 cm³/mol. The smallest absolute Gasteiger partial charge is 0.0995 e. The van der Waals surface area contributed by atoms with Crippen molar-refractivity contribution in [3.63, 3.8) is 0 Å². The number of hydrogen-bond donors (Lipinski definition) is 1. The van der Waals surface area contributed by atoms with Crippen molar-refractivity contribution in [2.75, 3.05) is 0 Å². The van der Waals surface area contributed by atoms with Crippen molar-refractivity contribution in [2.24, 2.45) is 5.73 Å². The molecule has 12 heavy (non-hydrogen) atoms. The molecule has 2 N–H and O–H groups in total. The Morgan fingerprint density at radius 1 is 1.58 bits per heavy atom. The summed E-state index contributed by atoms with van der Waals surface area (Å²) >= 11 is 0. The minimum atomic E-state index is 0.566. The molecule has 0 aliphatic heterocycles. The third-order valence-electron chi connectivity index (χ3n) is 2.04. The first-order chi connectivity index (χ1) is 5.83. The molecule has 0 aromatic carbocycles. The Hall–Kier alpha value is -1.35. The Balaban J connectivity index is 2.84. The molecule has 0 aliphatic carbocycles. The van der Waals surface area contributed by atoms with Crippen molar-refractivity contribution in [1.82, 2.24) is 9.38 Å². The van der Waals surface area contributed by atoms with Gasteiger partial charge in [-0.15, -0.1) is 0 Å². The van der Waals surface area contributed by atoms with Gasteiger partial charge in [0.2, 0.25) is 0 Å². The molecule has 0 radical (unpaired) electrons. The van der Waals surface area contributed by atoms with Gasteiger partial charge in [-0.05, 0) is 18.6 Å². The van der Waals surface area contributed by atoms with Crippen LogP contribution in [0.4, 0.5) is 0 Å². The molecule has 0 saturated heterocycles. The number of hydrogen-bond acceptors (Lipinski definition) is 2. The molecule has 2 aromatic heterocycles. The summed E-state index contributed by atoms with van der Waals surface area (Å²) in [5.74, 6) is 0. The zero-order valence-electron chi connectivity index (χ0n) is 6.99. The monoisotopic (exact) mass is 161 g/mol. The first kappa shape index (κ1) is 7.31. The van der Waals surface area contributed by atoms with Crippen LogP contribution >= 0.6 is 0 Å². The van der Waals surface area contributed by atoms with Gasteiger partial charge in [-0.2, -0.15) is 0 Å². The zero-order chi connectivity index (χ0) is 8.55. The lowest BCUT2D eigenvalue weighted by Crippen LogP contribution is -1.99. The predicted octanol–water partition coefficient (Wildman–Crippen LogP) is 1.10. The lowest BCUT2D eigenvalue weighted by molar-refractivity contribution is 1.05. The molecule has 2 heterocycles. The highest BCUT2D eigenvalue weighted by molar-refractivity contribution is 5.58. The second kappa shape index (κ2) is 2.60. The number of rotatable bonds is 1. The third kappa shape index (κ3) is 0.905. The van der Waals surface area contributed by atoms with Gasteiger partial charge in [0, 0.05) is 12.7 Å². The number of nitrogens with zero attached hydrogens (tertiary/aromatic N) is 2. The summed E-state index contributed by atoms with van der Waals surface area (Å²) in [5, 5.41) is 0. The van der Waals surface area contributed by atoms with E-state index >= 15 is 0 Å². The summed E-state index contributed by atoms with van der Waals surface area (Å²) in [7, 11) is 0. The van der Waals surface area contributed by atoms with Crippen molar-refractivity contribution in [2.45, 2.75) is 13.5 Å². The van der Waals surface area contributed by atoms with Crippen LogP contribution in [-0.4, -0.2) is 9.38 Å². The fourth-order valence-electron chi connectivity index (χ4n) is 1.46. The number of imidazole rings is 1. The van der Waals surface area contributed by atoms with Crippen molar-refractivity contribution in [1.29, 1.82) is 0 Å². The van der Waals surface area contributed by atoms with Gasteiger partial charge in [-0.1, -0.05) is 6.07 Å². The van der Waals surface area contributed by atoms with E-state index in [4.69, 9.17) is 5.73 Å². The van der Waals surface area contributed by atoms with E-state index in [-0.39, 0.29) is 0 Å². The fourth-order valence-corrected chi connectivity index (χ4v) is 1.46. The quantitative estimate of drug-likeness (QED) is 0.680. The van der Waals surface area contributed by atoms with Gasteiger partial charge in [0.15, 0.2) is 0 Å². The molecule has 0 saturated carbocycles. The molecule has 0 unspecified atom stereocenters. The maximum Gasteiger partial charge on any atom is 0.0995 e. The van der Waals surface area contributed by atoms with Crippen LogP contribution < -0.4 is 5.73 Å². The van der Waals surface area contributed by atoms with Gasteiger partial charge in [-0.3, -0.25) is 0 Å². The van der Waals surface area contributed by atoms with Crippen molar-refractivity contribution in [3.8, 4) is 0 Å². The highest BCUT2D eigenvalue weighted by Gasteiger charge is 2.02. The Labute approximate surface area is 70.8 Å². The molecule has 0 fully saturated rings. The maximum absolute atomic E-state index is 5.60. The molecule has 0 amide bonds. The second-order valence-electron chi connectivity index (χ2n) is 2.82. The standard InChI is InChI=1S/C9H11N3/c1-7-9-8(5-10)3-2-4-12(9)6-11-7/h2-4,6H,5,10H2,1H3. The van der Waals surface area contributed by atoms with Crippen molar-refractivity contribution >= 4 is 5.52 Å². The average Bonchev–Trinajstić information content (AvgIpc) is 2.48. The van der Waals surface area contributed by atoms with Crippen LogP contribution in [-0.2, 0) is 6.54 Å². The van der Waals surface area contributed by atoms with E-state index in [1.54, 1.807) is 0 Å². The molecular weight excluding hydrogens is 150 g/mol. The minimum absolute atomic E-state index is 0.566. The average molecular weight is 161 g/mol. The maximum atomic E-state index is 5.60. The topological polar surface area (TPSA) is 43.3 Å². The van der Waals surface area contributed by atoms with Crippen LogP contribution in [0.5, 0.6) is 0 Å². The van der Waals surface area contributed by atoms with E-state index < -0.39 is 0 Å². The number of pyridine rings is 1. The van der Waals surface area contributed by atoms with Gasteiger partial charge < -0.3 is 10.1 Å². The van der Waals surface area contributed by atoms with E-state index in [0.29, 0.717) is 6.54 Å². The largest absolute Gasteiger partial charge is 0.326 e. The molecule has 2 aromatic rings. The number of aromatic nitrogens is 2. The SMILES string of the molecule is Cc1ncn2cccc(CN)c12. The zero-order valence-corrected chi connectivity index (χ0v) is 6.99. The Bertz CT molecular complexity index is 403. The summed E-state index contributed by atoms with van der Waals surface area (Å²) < 4.78 is 2.00. The third-order valence-corrected chi connectivity index (χ3v) is 2.04. The summed E-state index contributed by atoms with van der Waals surface area (Å²) in [6, 6.07) is 4.01. The summed E-state index contributed by atoms with van der Waals surface area (Å²) in [6.07, 6.45) is 3.79. The van der Waals surface area contributed by atoms with Crippen LogP contribution in [0, 0.1) is 6.92 Å². The van der Waals surface area contributed by atoms with Gasteiger partial charge in [0.1, 0.15) is 0 Å². The summed E-state index contributed by atoms with van der Waals surface area (Å²) in [5.41, 5.74) is 8.93. The lowest BCUT2D eigenvalue weighted by atomic mass is 10.2. The summed E-state index contributed by atoms with van der Waals surface area (Å²) in [4.78, 5) is 4.21. The van der Waals surface area contributed by atoms with E-state index in [9.17, 15) is 0 Å². The molecule has 3 heteroatoms. The molecule has 62 valence electrons. The van der Waals surface area contributed by atoms with Crippen LogP contribution in [0.15, 0.2) is 24.7 Å². The molecule has 0 aliphatic rings. The van der Waals surface area contributed by atoms with E-state index in [1.165, 1.54) is 0 Å². The van der Waals surface area contributed by atoms with Gasteiger partial charge in [0.05, 0.1) is 17.5 Å². The van der Waals surface area contributed by atoms with Crippen LogP contribution in [0.3, 0.4) is 0 Å². The van der Waals surface area contributed by atoms with Crippen LogP contribution in [0.2, 0.25) is 0 Å². The van der Waals surface area contributed by atoms with E-state index in [0.717, 1.165) is 16.8 Å². The molecule has 2 rings (SSSR count). The van der Waals surface area contributed by atoms with Gasteiger partial charge >= 0.3 is 0 Å².